The molecule has 1 rings (SSSR count). The summed E-state index contributed by atoms with van der Waals surface area (Å²) in [5, 5.41) is 20.4. The summed E-state index contributed by atoms with van der Waals surface area (Å²) in [6.45, 7) is 2.93. The number of aliphatic hydroxyl groups is 1. The van der Waals surface area contributed by atoms with E-state index in [0.29, 0.717) is 0 Å². The highest BCUT2D eigenvalue weighted by molar-refractivity contribution is 5.22. The zero-order chi connectivity index (χ0) is 11.5. The lowest BCUT2D eigenvalue weighted by Crippen LogP contribution is -2.33. The maximum absolute atomic E-state index is 10.5. The minimum Gasteiger partial charge on any atom is -0.390 e. The molecule has 0 fully saturated rings. The van der Waals surface area contributed by atoms with Crippen molar-refractivity contribution in [3.8, 4) is 0 Å². The first-order valence-electron chi connectivity index (χ1n) is 4.80. The fourth-order valence-electron chi connectivity index (χ4n) is 1.57. The molecule has 0 saturated heterocycles. The van der Waals surface area contributed by atoms with Gasteiger partial charge in [0.05, 0.1) is 11.5 Å². The van der Waals surface area contributed by atoms with Crippen LogP contribution in [0.1, 0.15) is 25.3 Å². The Morgan fingerprint density at radius 3 is 2.33 bits per heavy atom. The van der Waals surface area contributed by atoms with Crippen molar-refractivity contribution in [3.05, 3.63) is 46.0 Å². The third-order valence-electron chi connectivity index (χ3n) is 2.39. The van der Waals surface area contributed by atoms with Gasteiger partial charge in [0.1, 0.15) is 0 Å². The molecule has 0 radical (unpaired) electrons. The zero-order valence-electron chi connectivity index (χ0n) is 8.88. The van der Waals surface area contributed by atoms with E-state index >= 15 is 0 Å². The second-order valence-corrected chi connectivity index (χ2v) is 4.13. The topological polar surface area (TPSA) is 63.4 Å². The third-order valence-corrected chi connectivity index (χ3v) is 2.39. The van der Waals surface area contributed by atoms with Crippen molar-refractivity contribution in [2.75, 3.05) is 6.54 Å². The molecule has 0 aliphatic rings. The summed E-state index contributed by atoms with van der Waals surface area (Å²) in [7, 11) is 0. The SMILES string of the molecule is CC(C)(O)C(C[N+](=O)[O-])c1ccccc1. The summed E-state index contributed by atoms with van der Waals surface area (Å²) >= 11 is 0. The van der Waals surface area contributed by atoms with Crippen LogP contribution in [0.2, 0.25) is 0 Å². The molecule has 1 N–H and O–H groups in total. The van der Waals surface area contributed by atoms with Crippen LogP contribution >= 0.6 is 0 Å². The Labute approximate surface area is 88.7 Å². The van der Waals surface area contributed by atoms with Crippen LogP contribution in [0.5, 0.6) is 0 Å². The molecule has 1 atom stereocenters. The average Bonchev–Trinajstić information content (AvgIpc) is 2.14. The quantitative estimate of drug-likeness (QED) is 0.607. The Morgan fingerprint density at radius 1 is 1.40 bits per heavy atom. The van der Waals surface area contributed by atoms with Crippen LogP contribution in [-0.4, -0.2) is 22.2 Å². The Bertz CT molecular complexity index is 329. The van der Waals surface area contributed by atoms with Crippen molar-refractivity contribution in [3.63, 3.8) is 0 Å². The smallest absolute Gasteiger partial charge is 0.213 e. The molecule has 0 saturated carbocycles. The minimum atomic E-state index is -1.09. The molecule has 0 spiro atoms. The Morgan fingerprint density at radius 2 is 1.93 bits per heavy atom. The van der Waals surface area contributed by atoms with E-state index in [0.717, 1.165) is 5.56 Å². The Hall–Kier alpha value is -1.42. The summed E-state index contributed by atoms with van der Waals surface area (Å²) < 4.78 is 0. The van der Waals surface area contributed by atoms with Crippen molar-refractivity contribution in [1.82, 2.24) is 0 Å². The normalized spacial score (nSPS) is 13.5. The lowest BCUT2D eigenvalue weighted by molar-refractivity contribution is -0.486. The second-order valence-electron chi connectivity index (χ2n) is 4.13. The maximum atomic E-state index is 10.5. The molecule has 1 unspecified atom stereocenters. The Kier molecular flexibility index (Phi) is 3.42. The predicted molar refractivity (Wildman–Crippen MR) is 57.3 cm³/mol. The molecular weight excluding hydrogens is 194 g/mol. The molecule has 0 amide bonds. The number of nitrogens with zero attached hydrogens (tertiary/aromatic N) is 1. The molecule has 82 valence electrons. The molecule has 0 aliphatic carbocycles. The van der Waals surface area contributed by atoms with Gasteiger partial charge in [0.15, 0.2) is 0 Å². The molecular formula is C11H15NO3. The van der Waals surface area contributed by atoms with Gasteiger partial charge >= 0.3 is 0 Å². The van der Waals surface area contributed by atoms with Gasteiger partial charge in [-0.15, -0.1) is 0 Å². The molecule has 0 heterocycles. The van der Waals surface area contributed by atoms with Crippen molar-refractivity contribution in [1.29, 1.82) is 0 Å². The first kappa shape index (κ1) is 11.7. The minimum absolute atomic E-state index is 0.256. The highest BCUT2D eigenvalue weighted by atomic mass is 16.6. The maximum Gasteiger partial charge on any atom is 0.213 e. The molecule has 4 heteroatoms. The fourth-order valence-corrected chi connectivity index (χ4v) is 1.57. The van der Waals surface area contributed by atoms with E-state index in [9.17, 15) is 15.2 Å². The van der Waals surface area contributed by atoms with Crippen LogP contribution in [0.15, 0.2) is 30.3 Å². The van der Waals surface area contributed by atoms with Crippen molar-refractivity contribution in [2.45, 2.75) is 25.4 Å². The number of nitro groups is 1. The molecule has 1 aromatic carbocycles. The van der Waals surface area contributed by atoms with Gasteiger partial charge in [-0.05, 0) is 19.4 Å². The summed E-state index contributed by atoms with van der Waals surface area (Å²) in [6, 6.07) is 9.07. The van der Waals surface area contributed by atoms with Gasteiger partial charge in [-0.2, -0.15) is 0 Å². The van der Waals surface area contributed by atoms with Crippen molar-refractivity contribution < 1.29 is 10.0 Å². The largest absolute Gasteiger partial charge is 0.390 e. The van der Waals surface area contributed by atoms with E-state index in [1.807, 2.05) is 18.2 Å². The van der Waals surface area contributed by atoms with Crippen LogP contribution in [0.25, 0.3) is 0 Å². The summed E-state index contributed by atoms with van der Waals surface area (Å²) in [5.41, 5.74) is -0.296. The Balaban J connectivity index is 2.97. The van der Waals surface area contributed by atoms with Crippen molar-refractivity contribution >= 4 is 0 Å². The van der Waals surface area contributed by atoms with Crippen LogP contribution in [0.4, 0.5) is 0 Å². The first-order chi connectivity index (χ1) is 6.91. The predicted octanol–water partition coefficient (Wildman–Crippen LogP) is 1.82. The highest BCUT2D eigenvalue weighted by Crippen LogP contribution is 2.27. The van der Waals surface area contributed by atoms with Crippen LogP contribution in [0, 0.1) is 10.1 Å². The van der Waals surface area contributed by atoms with E-state index < -0.39 is 16.4 Å². The molecule has 0 aliphatic heterocycles. The van der Waals surface area contributed by atoms with Gasteiger partial charge in [0.25, 0.3) is 0 Å². The van der Waals surface area contributed by atoms with Crippen LogP contribution in [-0.2, 0) is 0 Å². The summed E-state index contributed by atoms with van der Waals surface area (Å²) in [5.74, 6) is -0.478. The van der Waals surface area contributed by atoms with Gasteiger partial charge in [0.2, 0.25) is 6.54 Å². The van der Waals surface area contributed by atoms with E-state index in [2.05, 4.69) is 0 Å². The van der Waals surface area contributed by atoms with E-state index in [1.54, 1.807) is 26.0 Å². The van der Waals surface area contributed by atoms with Crippen molar-refractivity contribution in [2.24, 2.45) is 0 Å². The van der Waals surface area contributed by atoms with Gasteiger partial charge in [-0.25, -0.2) is 0 Å². The van der Waals surface area contributed by atoms with Crippen LogP contribution in [0.3, 0.4) is 0 Å². The van der Waals surface area contributed by atoms with Gasteiger partial charge in [0, 0.05) is 4.92 Å². The lowest BCUT2D eigenvalue weighted by atomic mass is 9.85. The number of benzene rings is 1. The van der Waals surface area contributed by atoms with E-state index in [4.69, 9.17) is 0 Å². The highest BCUT2D eigenvalue weighted by Gasteiger charge is 2.32. The lowest BCUT2D eigenvalue weighted by Gasteiger charge is -2.26. The fraction of sp³-hybridized carbons (Fsp3) is 0.455. The average molecular weight is 209 g/mol. The third kappa shape index (κ3) is 3.32. The number of hydrogen-bond acceptors (Lipinski definition) is 3. The zero-order valence-corrected chi connectivity index (χ0v) is 8.88. The van der Waals surface area contributed by atoms with Crippen LogP contribution < -0.4 is 0 Å². The number of hydrogen-bond donors (Lipinski definition) is 1. The molecule has 4 nitrogen and oxygen atoms in total. The number of rotatable bonds is 4. The first-order valence-corrected chi connectivity index (χ1v) is 4.80. The van der Waals surface area contributed by atoms with E-state index in [-0.39, 0.29) is 6.54 Å². The molecule has 0 bridgehead atoms. The monoisotopic (exact) mass is 209 g/mol. The summed E-state index contributed by atoms with van der Waals surface area (Å²) in [4.78, 5) is 10.1. The summed E-state index contributed by atoms with van der Waals surface area (Å²) in [6.07, 6.45) is 0. The second kappa shape index (κ2) is 4.40. The molecule has 0 aromatic heterocycles. The van der Waals surface area contributed by atoms with Gasteiger partial charge in [-0.3, -0.25) is 10.1 Å². The van der Waals surface area contributed by atoms with E-state index in [1.165, 1.54) is 0 Å². The standard InChI is InChI=1S/C11H15NO3/c1-11(2,13)10(8-12(14)15)9-6-4-3-5-7-9/h3-7,10,13H,8H2,1-2H3. The van der Waals surface area contributed by atoms with Gasteiger partial charge < -0.3 is 5.11 Å². The van der Waals surface area contributed by atoms with Gasteiger partial charge in [-0.1, -0.05) is 30.3 Å². The molecule has 1 aromatic rings. The molecule has 15 heavy (non-hydrogen) atoms.